The molecule has 1 fully saturated rings. The summed E-state index contributed by atoms with van der Waals surface area (Å²) in [6.07, 6.45) is 5.33. The molecule has 1 amide bonds. The Labute approximate surface area is 118 Å². The van der Waals surface area contributed by atoms with Gasteiger partial charge < -0.3 is 14.8 Å². The number of carbonyl (C=O) groups excluding carboxylic acids is 1. The second kappa shape index (κ2) is 6.28. The van der Waals surface area contributed by atoms with Crippen molar-refractivity contribution in [2.75, 3.05) is 11.9 Å². The maximum absolute atomic E-state index is 11.6. The zero-order valence-corrected chi connectivity index (χ0v) is 12.2. The first kappa shape index (κ1) is 14.9. The summed E-state index contributed by atoms with van der Waals surface area (Å²) in [7, 11) is 0. The Balaban J connectivity index is 1.92. The van der Waals surface area contributed by atoms with Gasteiger partial charge in [-0.1, -0.05) is 13.3 Å². The fraction of sp³-hybridized carbons (Fsp3) is 0.643. The van der Waals surface area contributed by atoms with Crippen molar-refractivity contribution in [3.63, 3.8) is 0 Å². The summed E-state index contributed by atoms with van der Waals surface area (Å²) in [6, 6.07) is 0. The molecule has 110 valence electrons. The van der Waals surface area contributed by atoms with Gasteiger partial charge in [0.1, 0.15) is 6.10 Å². The molecule has 0 aliphatic carbocycles. The van der Waals surface area contributed by atoms with Gasteiger partial charge in [0.05, 0.1) is 24.7 Å². The van der Waals surface area contributed by atoms with Gasteiger partial charge in [0.25, 0.3) is 0 Å². The molecular formula is C14H21N3O3. The summed E-state index contributed by atoms with van der Waals surface area (Å²) in [5.41, 5.74) is 0.710. The van der Waals surface area contributed by atoms with Crippen LogP contribution in [0, 0.1) is 0 Å². The summed E-state index contributed by atoms with van der Waals surface area (Å²) in [5.74, 6) is -0.150. The number of hydrogen-bond donors (Lipinski definition) is 1. The van der Waals surface area contributed by atoms with Crippen molar-refractivity contribution < 1.29 is 14.3 Å². The van der Waals surface area contributed by atoms with E-state index in [-0.39, 0.29) is 12.0 Å². The van der Waals surface area contributed by atoms with Crippen molar-refractivity contribution in [3.8, 4) is 0 Å². The summed E-state index contributed by atoms with van der Waals surface area (Å²) in [4.78, 5) is 20.0. The zero-order chi connectivity index (χ0) is 14.6. The summed E-state index contributed by atoms with van der Waals surface area (Å²) in [6.45, 7) is 6.24. The predicted molar refractivity (Wildman–Crippen MR) is 74.0 cm³/mol. The lowest BCUT2D eigenvalue weighted by Gasteiger charge is -2.16. The third kappa shape index (κ3) is 3.98. The third-order valence-corrected chi connectivity index (χ3v) is 3.03. The molecule has 0 radical (unpaired) electrons. The van der Waals surface area contributed by atoms with E-state index in [9.17, 15) is 4.79 Å². The number of rotatable bonds is 5. The van der Waals surface area contributed by atoms with Crippen molar-refractivity contribution in [2.24, 2.45) is 0 Å². The largest absolute Gasteiger partial charge is 0.347 e. The molecular weight excluding hydrogens is 258 g/mol. The highest BCUT2D eigenvalue weighted by Crippen LogP contribution is 2.31. The van der Waals surface area contributed by atoms with E-state index in [1.54, 1.807) is 12.4 Å². The molecule has 1 aromatic heterocycles. The van der Waals surface area contributed by atoms with E-state index in [0.29, 0.717) is 24.5 Å². The number of ether oxygens (including phenoxy) is 2. The maximum atomic E-state index is 11.6. The Hall–Kier alpha value is -1.53. The fourth-order valence-electron chi connectivity index (χ4n) is 1.94. The minimum absolute atomic E-state index is 0.0320. The van der Waals surface area contributed by atoms with Crippen LogP contribution in [0.2, 0.25) is 0 Å². The summed E-state index contributed by atoms with van der Waals surface area (Å²) >= 11 is 0. The van der Waals surface area contributed by atoms with Crippen LogP contribution in [-0.2, 0) is 14.3 Å². The number of anilines is 1. The average Bonchev–Trinajstić information content (AvgIpc) is 2.77. The molecule has 6 heteroatoms. The number of carbonyl (C=O) groups is 1. The molecule has 1 aromatic rings. The Kier molecular flexibility index (Phi) is 4.67. The van der Waals surface area contributed by atoms with Gasteiger partial charge in [0, 0.05) is 6.42 Å². The molecule has 1 aliphatic heterocycles. The van der Waals surface area contributed by atoms with E-state index in [4.69, 9.17) is 9.47 Å². The lowest BCUT2D eigenvalue weighted by atomic mass is 10.2. The first-order chi connectivity index (χ1) is 9.50. The van der Waals surface area contributed by atoms with Gasteiger partial charge in [-0.15, -0.1) is 0 Å². The van der Waals surface area contributed by atoms with Gasteiger partial charge in [-0.05, 0) is 20.3 Å². The van der Waals surface area contributed by atoms with E-state index in [0.717, 1.165) is 12.8 Å². The van der Waals surface area contributed by atoms with Crippen molar-refractivity contribution in [3.05, 3.63) is 18.1 Å². The quantitative estimate of drug-likeness (QED) is 0.896. The van der Waals surface area contributed by atoms with Gasteiger partial charge in [-0.25, -0.2) is 4.98 Å². The number of hydrogen-bond acceptors (Lipinski definition) is 5. The molecule has 2 heterocycles. The molecule has 6 nitrogen and oxygen atoms in total. The van der Waals surface area contributed by atoms with Crippen LogP contribution >= 0.6 is 0 Å². The van der Waals surface area contributed by atoms with Gasteiger partial charge >= 0.3 is 0 Å². The first-order valence-electron chi connectivity index (χ1n) is 6.94. The number of nitrogens with zero attached hydrogens (tertiary/aromatic N) is 2. The molecule has 2 rings (SSSR count). The molecule has 0 spiro atoms. The second-order valence-electron chi connectivity index (χ2n) is 5.30. The molecule has 1 aliphatic rings. The minimum atomic E-state index is -0.584. The minimum Gasteiger partial charge on any atom is -0.347 e. The highest BCUT2D eigenvalue weighted by atomic mass is 16.7. The monoisotopic (exact) mass is 279 g/mol. The van der Waals surface area contributed by atoms with Gasteiger partial charge in [0.15, 0.2) is 11.6 Å². The van der Waals surface area contributed by atoms with Crippen LogP contribution in [0.15, 0.2) is 12.4 Å². The lowest BCUT2D eigenvalue weighted by molar-refractivity contribution is -0.139. The maximum Gasteiger partial charge on any atom is 0.225 e. The number of aromatic nitrogens is 2. The highest BCUT2D eigenvalue weighted by Gasteiger charge is 2.34. The zero-order valence-electron chi connectivity index (χ0n) is 12.2. The average molecular weight is 279 g/mol. The molecule has 0 unspecified atom stereocenters. The summed E-state index contributed by atoms with van der Waals surface area (Å²) < 4.78 is 11.2. The van der Waals surface area contributed by atoms with Gasteiger partial charge in [0.2, 0.25) is 5.91 Å². The smallest absolute Gasteiger partial charge is 0.225 e. The van der Waals surface area contributed by atoms with Gasteiger partial charge in [-0.2, -0.15) is 0 Å². The van der Waals surface area contributed by atoms with E-state index >= 15 is 0 Å². The SMILES string of the molecule is CCCCC(=O)Nc1cnc([C@H]2COC(C)(C)O2)cn1. The van der Waals surface area contributed by atoms with E-state index < -0.39 is 5.79 Å². The predicted octanol–water partition coefficient (Wildman–Crippen LogP) is 2.43. The van der Waals surface area contributed by atoms with Gasteiger partial charge in [-0.3, -0.25) is 9.78 Å². The van der Waals surface area contributed by atoms with Crippen LogP contribution in [0.25, 0.3) is 0 Å². The lowest BCUT2D eigenvalue weighted by Crippen LogP contribution is -2.20. The molecule has 1 atom stereocenters. The Morgan fingerprint density at radius 3 is 2.80 bits per heavy atom. The Morgan fingerprint density at radius 2 is 2.25 bits per heavy atom. The van der Waals surface area contributed by atoms with Crippen molar-refractivity contribution in [2.45, 2.75) is 51.9 Å². The first-order valence-corrected chi connectivity index (χ1v) is 6.94. The Bertz CT molecular complexity index is 459. The molecule has 0 aromatic carbocycles. The van der Waals surface area contributed by atoms with Crippen LogP contribution in [0.1, 0.15) is 51.8 Å². The second-order valence-corrected chi connectivity index (χ2v) is 5.30. The van der Waals surface area contributed by atoms with E-state index in [1.165, 1.54) is 0 Å². The molecule has 0 bridgehead atoms. The van der Waals surface area contributed by atoms with Crippen LogP contribution in [0.3, 0.4) is 0 Å². The van der Waals surface area contributed by atoms with E-state index in [2.05, 4.69) is 15.3 Å². The third-order valence-electron chi connectivity index (χ3n) is 3.03. The summed E-state index contributed by atoms with van der Waals surface area (Å²) in [5, 5.41) is 2.73. The normalized spacial score (nSPS) is 20.9. The van der Waals surface area contributed by atoms with E-state index in [1.807, 2.05) is 20.8 Å². The van der Waals surface area contributed by atoms with Crippen molar-refractivity contribution in [1.29, 1.82) is 0 Å². The van der Waals surface area contributed by atoms with Crippen LogP contribution in [0.5, 0.6) is 0 Å². The number of amides is 1. The standard InChI is InChI=1S/C14H21N3O3/c1-4-5-6-13(18)17-12-8-15-10(7-16-12)11-9-19-14(2,3)20-11/h7-8,11H,4-6,9H2,1-3H3,(H,16,17,18)/t11-/m1/s1. The number of nitrogens with one attached hydrogen (secondary N) is 1. The number of unbranched alkanes of at least 4 members (excludes halogenated alkanes) is 1. The van der Waals surface area contributed by atoms with Crippen molar-refractivity contribution in [1.82, 2.24) is 9.97 Å². The van der Waals surface area contributed by atoms with Crippen LogP contribution in [0.4, 0.5) is 5.82 Å². The van der Waals surface area contributed by atoms with Crippen LogP contribution < -0.4 is 5.32 Å². The molecule has 20 heavy (non-hydrogen) atoms. The Morgan fingerprint density at radius 1 is 1.45 bits per heavy atom. The van der Waals surface area contributed by atoms with Crippen LogP contribution in [-0.4, -0.2) is 28.3 Å². The topological polar surface area (TPSA) is 73.3 Å². The highest BCUT2D eigenvalue weighted by molar-refractivity contribution is 5.89. The molecule has 0 saturated carbocycles. The van der Waals surface area contributed by atoms with Crippen molar-refractivity contribution >= 4 is 11.7 Å². The fourth-order valence-corrected chi connectivity index (χ4v) is 1.94. The molecule has 1 saturated heterocycles. The molecule has 1 N–H and O–H groups in total.